The lowest BCUT2D eigenvalue weighted by molar-refractivity contribution is -0.401. The molecule has 0 fully saturated rings. The lowest BCUT2D eigenvalue weighted by atomic mass is 9.72. The van der Waals surface area contributed by atoms with Crippen LogP contribution in [-0.4, -0.2) is 14.8 Å². The van der Waals surface area contributed by atoms with Gasteiger partial charge in [-0.25, -0.2) is 0 Å². The molecule has 0 atom stereocenters. The van der Waals surface area contributed by atoms with Gasteiger partial charge in [0.25, 0.3) is 17.1 Å². The van der Waals surface area contributed by atoms with Crippen LogP contribution < -0.4 is 5.01 Å². The van der Waals surface area contributed by atoms with Gasteiger partial charge in [0.1, 0.15) is 0 Å². The van der Waals surface area contributed by atoms with Crippen molar-refractivity contribution < 1.29 is 14.8 Å². The minimum absolute atomic E-state index is 0.00421. The molecule has 3 rings (SSSR count). The third-order valence-electron chi connectivity index (χ3n) is 9.47. The van der Waals surface area contributed by atoms with Crippen molar-refractivity contribution in [2.45, 2.75) is 104 Å². The summed E-state index contributed by atoms with van der Waals surface area (Å²) < 4.78 is 0. The maximum absolute atomic E-state index is 12.1. The van der Waals surface area contributed by atoms with Gasteiger partial charge in [-0.3, -0.25) is 30.3 Å². The van der Waals surface area contributed by atoms with E-state index in [1.165, 1.54) is 5.01 Å². The molecule has 0 aliphatic rings. The Morgan fingerprint density at radius 1 is 0.600 bits per heavy atom. The van der Waals surface area contributed by atoms with Crippen molar-refractivity contribution in [3.63, 3.8) is 0 Å². The Labute approximate surface area is 265 Å². The van der Waals surface area contributed by atoms with E-state index in [0.717, 1.165) is 62.5 Å². The Morgan fingerprint density at radius 3 is 1.22 bits per heavy atom. The van der Waals surface area contributed by atoms with E-state index in [0.29, 0.717) is 23.5 Å². The van der Waals surface area contributed by atoms with Gasteiger partial charge < -0.3 is 10.4 Å². The fraction of sp³-hybridized carbons (Fsp3) is 0.471. The first-order valence-electron chi connectivity index (χ1n) is 15.8. The highest BCUT2D eigenvalue weighted by atomic mass is 16.6. The van der Waals surface area contributed by atoms with E-state index in [4.69, 9.17) is 0 Å². The summed E-state index contributed by atoms with van der Waals surface area (Å²) in [7, 11) is 0. The molecule has 0 saturated carbocycles. The minimum atomic E-state index is -0.896. The zero-order valence-electron chi connectivity index (χ0n) is 27.1. The van der Waals surface area contributed by atoms with Gasteiger partial charge in [0.05, 0.1) is 26.9 Å². The zero-order chi connectivity index (χ0) is 33.4. The van der Waals surface area contributed by atoms with Gasteiger partial charge in [0, 0.05) is 17.1 Å². The lowest BCUT2D eigenvalue weighted by Gasteiger charge is -2.41. The Balaban J connectivity index is 2.24. The van der Waals surface area contributed by atoms with E-state index in [-0.39, 0.29) is 10.8 Å². The average molecular weight is 619 g/mol. The number of anilines is 2. The van der Waals surface area contributed by atoms with Crippen LogP contribution in [0.1, 0.15) is 104 Å². The fourth-order valence-corrected chi connectivity index (χ4v) is 6.62. The number of nitrogens with zero attached hydrogens (tertiary/aromatic N) is 5. The van der Waals surface area contributed by atoms with Crippen LogP contribution in [-0.2, 0) is 10.8 Å². The predicted octanol–water partition coefficient (Wildman–Crippen LogP) is 10.9. The molecule has 11 heteroatoms. The van der Waals surface area contributed by atoms with E-state index in [1.807, 2.05) is 48.5 Å². The van der Waals surface area contributed by atoms with Crippen LogP contribution >= 0.6 is 0 Å². The summed E-state index contributed by atoms with van der Waals surface area (Å²) in [6, 6.07) is 17.0. The first-order chi connectivity index (χ1) is 21.5. The number of non-ortho nitro benzene ring substituents is 1. The summed E-state index contributed by atoms with van der Waals surface area (Å²) in [6.07, 6.45) is 7.93. The van der Waals surface area contributed by atoms with E-state index >= 15 is 0 Å². The van der Waals surface area contributed by atoms with Crippen LogP contribution in [0, 0.1) is 30.3 Å². The molecule has 0 aromatic heterocycles. The molecule has 0 unspecified atom stereocenters. The van der Waals surface area contributed by atoms with Crippen molar-refractivity contribution in [3.05, 3.63) is 108 Å². The third-order valence-corrected chi connectivity index (χ3v) is 9.47. The third kappa shape index (κ3) is 7.24. The summed E-state index contributed by atoms with van der Waals surface area (Å²) in [5, 5.41) is 37.0. The molecule has 0 radical (unpaired) electrons. The lowest BCUT2D eigenvalue weighted by Crippen LogP contribution is -2.24. The van der Waals surface area contributed by atoms with Crippen LogP contribution in [0.25, 0.3) is 5.43 Å². The normalized spacial score (nSPS) is 11.7. The molecule has 0 heterocycles. The second-order valence-corrected chi connectivity index (χ2v) is 11.6. The van der Waals surface area contributed by atoms with Crippen LogP contribution in [0.3, 0.4) is 0 Å². The molecule has 0 amide bonds. The number of rotatable bonds is 17. The molecule has 45 heavy (non-hydrogen) atoms. The van der Waals surface area contributed by atoms with E-state index in [1.54, 1.807) is 0 Å². The molecule has 0 saturated heterocycles. The first-order valence-corrected chi connectivity index (χ1v) is 15.8. The molecule has 3 aromatic rings. The fourth-order valence-electron chi connectivity index (χ4n) is 6.62. The molecule has 3 aromatic carbocycles. The van der Waals surface area contributed by atoms with Crippen molar-refractivity contribution in [2.24, 2.45) is 0 Å². The van der Waals surface area contributed by atoms with Gasteiger partial charge in [-0.1, -0.05) is 78.6 Å². The quantitative estimate of drug-likeness (QED) is 0.108. The maximum atomic E-state index is 12.1. The zero-order valence-corrected chi connectivity index (χ0v) is 27.1. The van der Waals surface area contributed by atoms with Crippen molar-refractivity contribution >= 4 is 34.1 Å². The molecular formula is C34H44N5O6-. The van der Waals surface area contributed by atoms with Crippen LogP contribution in [0.5, 0.6) is 0 Å². The Kier molecular flexibility index (Phi) is 11.6. The van der Waals surface area contributed by atoms with E-state index < -0.39 is 37.5 Å². The summed E-state index contributed by atoms with van der Waals surface area (Å²) in [6.45, 7) is 13.0. The van der Waals surface area contributed by atoms with Gasteiger partial charge in [-0.05, 0) is 84.7 Å². The Bertz CT molecular complexity index is 1380. The molecule has 0 aliphatic heterocycles. The van der Waals surface area contributed by atoms with Crippen LogP contribution in [0.4, 0.5) is 34.1 Å². The van der Waals surface area contributed by atoms with Gasteiger partial charge in [-0.15, -0.1) is 0 Å². The highest BCUT2D eigenvalue weighted by Crippen LogP contribution is 2.47. The predicted molar refractivity (Wildman–Crippen MR) is 179 cm³/mol. The van der Waals surface area contributed by atoms with Gasteiger partial charge in [0.15, 0.2) is 0 Å². The standard InChI is InChI=1S/C34H44N5O6/c1-7-21-33(9-3,10-4)25-13-17-27(18-14-25)36(28-19-15-26(16-20-28)34(11-5,12-6)22-8-2)35-32-30(38(42)43)23-29(37(40)41)24-31(32)39(44)45/h13-20,23-24H,7-12,21-22H2,1-6H3/q-1. The number of hydrogen-bond donors (Lipinski definition) is 0. The molecule has 11 nitrogen and oxygen atoms in total. The number of nitro benzene ring substituents is 3. The molecule has 0 aliphatic carbocycles. The Hall–Kier alpha value is -4.54. The summed E-state index contributed by atoms with van der Waals surface area (Å²) in [5.74, 6) is 0. The van der Waals surface area contributed by atoms with Crippen molar-refractivity contribution in [1.29, 1.82) is 0 Å². The van der Waals surface area contributed by atoms with Crippen molar-refractivity contribution in [1.82, 2.24) is 0 Å². The summed E-state index contributed by atoms with van der Waals surface area (Å²) in [5.41, 5.74) is 4.91. The summed E-state index contributed by atoms with van der Waals surface area (Å²) >= 11 is 0. The number of nitro groups is 3. The van der Waals surface area contributed by atoms with Crippen molar-refractivity contribution in [3.8, 4) is 0 Å². The van der Waals surface area contributed by atoms with Gasteiger partial charge in [-0.2, -0.15) is 0 Å². The van der Waals surface area contributed by atoms with Gasteiger partial charge >= 0.3 is 0 Å². The molecule has 0 spiro atoms. The van der Waals surface area contributed by atoms with Crippen molar-refractivity contribution in [2.75, 3.05) is 5.01 Å². The number of hydrogen-bond acceptors (Lipinski definition) is 7. The first kappa shape index (κ1) is 34.9. The second kappa shape index (κ2) is 15.0. The summed E-state index contributed by atoms with van der Waals surface area (Å²) in [4.78, 5) is 32.9. The minimum Gasteiger partial charge on any atom is -0.579 e. The average Bonchev–Trinajstić information content (AvgIpc) is 3.05. The van der Waals surface area contributed by atoms with Crippen LogP contribution in [0.2, 0.25) is 0 Å². The molecular weight excluding hydrogens is 574 g/mol. The van der Waals surface area contributed by atoms with E-state index in [9.17, 15) is 30.3 Å². The topological polar surface area (TPSA) is 147 Å². The maximum Gasteiger partial charge on any atom is 0.283 e. The monoisotopic (exact) mass is 618 g/mol. The largest absolute Gasteiger partial charge is 0.579 e. The molecule has 242 valence electrons. The second-order valence-electron chi connectivity index (χ2n) is 11.6. The highest BCUT2D eigenvalue weighted by molar-refractivity contribution is 5.84. The van der Waals surface area contributed by atoms with Gasteiger partial charge in [0.2, 0.25) is 0 Å². The highest BCUT2D eigenvalue weighted by Gasteiger charge is 2.30. The molecule has 0 bridgehead atoms. The SMILES string of the molecule is CCCC(CC)(CC)c1ccc(N([N-]c2c([N+](=O)[O-])cc([N+](=O)[O-])cc2[N+](=O)[O-])c2ccc(C(CC)(CC)CCC)cc2)cc1. The van der Waals surface area contributed by atoms with Crippen LogP contribution in [0.15, 0.2) is 60.7 Å². The smallest absolute Gasteiger partial charge is 0.283 e. The number of benzene rings is 3. The Morgan fingerprint density at radius 2 is 0.956 bits per heavy atom. The molecule has 0 N–H and O–H groups in total. The van der Waals surface area contributed by atoms with E-state index in [2.05, 4.69) is 47.0 Å².